The highest BCUT2D eigenvalue weighted by molar-refractivity contribution is 5.95. The third kappa shape index (κ3) is 3.98. The largest absolute Gasteiger partial charge is 0.368 e. The molecule has 2 aromatic rings. The Balaban J connectivity index is 1.40. The van der Waals surface area contributed by atoms with Crippen LogP contribution in [0.1, 0.15) is 47.2 Å². The lowest BCUT2D eigenvalue weighted by molar-refractivity contribution is 0.0937. The van der Waals surface area contributed by atoms with Gasteiger partial charge in [0, 0.05) is 44.1 Å². The van der Waals surface area contributed by atoms with Crippen LogP contribution < -0.4 is 15.1 Å². The fourth-order valence-corrected chi connectivity index (χ4v) is 4.35. The predicted octanol–water partition coefficient (Wildman–Crippen LogP) is 3.70. The van der Waals surface area contributed by atoms with Gasteiger partial charge in [-0.15, -0.1) is 0 Å². The first-order valence-electron chi connectivity index (χ1n) is 10.4. The fourth-order valence-electron chi connectivity index (χ4n) is 4.35. The molecule has 28 heavy (non-hydrogen) atoms. The molecule has 0 atom stereocenters. The van der Waals surface area contributed by atoms with Crippen LogP contribution in [0.2, 0.25) is 0 Å². The summed E-state index contributed by atoms with van der Waals surface area (Å²) in [5.41, 5.74) is 5.75. The number of aromatic nitrogens is 1. The van der Waals surface area contributed by atoms with Crippen LogP contribution in [-0.2, 0) is 0 Å². The Labute approximate surface area is 167 Å². The van der Waals surface area contributed by atoms with E-state index in [0.29, 0.717) is 11.6 Å². The summed E-state index contributed by atoms with van der Waals surface area (Å²) in [6.07, 6.45) is 8.18. The van der Waals surface area contributed by atoms with Crippen LogP contribution in [-0.4, -0.2) is 43.1 Å². The number of benzene rings is 1. The molecule has 1 saturated heterocycles. The minimum absolute atomic E-state index is 0.00951. The zero-order chi connectivity index (χ0) is 19.5. The second kappa shape index (κ2) is 8.21. The van der Waals surface area contributed by atoms with E-state index in [1.54, 1.807) is 6.20 Å². The van der Waals surface area contributed by atoms with Crippen LogP contribution in [0.5, 0.6) is 0 Å². The molecule has 4 rings (SSSR count). The molecule has 2 fully saturated rings. The molecule has 0 spiro atoms. The Bertz CT molecular complexity index is 836. The van der Waals surface area contributed by atoms with Crippen molar-refractivity contribution in [3.8, 4) is 0 Å². The molecule has 1 N–H and O–H groups in total. The Morgan fingerprint density at radius 1 is 1.04 bits per heavy atom. The van der Waals surface area contributed by atoms with Crippen LogP contribution in [0.3, 0.4) is 0 Å². The molecular formula is C23H30N4O. The number of carbonyl (C=O) groups excluding carboxylic acids is 1. The summed E-state index contributed by atoms with van der Waals surface area (Å²) in [5, 5.41) is 3.16. The molecule has 2 heterocycles. The van der Waals surface area contributed by atoms with Crippen LogP contribution in [0, 0.1) is 13.8 Å². The molecule has 0 radical (unpaired) electrons. The summed E-state index contributed by atoms with van der Waals surface area (Å²) >= 11 is 0. The number of anilines is 2. The van der Waals surface area contributed by atoms with E-state index in [1.165, 1.54) is 29.7 Å². The van der Waals surface area contributed by atoms with Crippen molar-refractivity contribution in [2.45, 2.75) is 45.6 Å². The summed E-state index contributed by atoms with van der Waals surface area (Å²) in [7, 11) is 0. The van der Waals surface area contributed by atoms with Gasteiger partial charge in [-0.2, -0.15) is 0 Å². The molecule has 2 aliphatic rings. The van der Waals surface area contributed by atoms with Crippen molar-refractivity contribution in [1.29, 1.82) is 0 Å². The van der Waals surface area contributed by atoms with Crippen LogP contribution in [0.4, 0.5) is 11.4 Å². The van der Waals surface area contributed by atoms with Crippen molar-refractivity contribution in [2.75, 3.05) is 36.0 Å². The minimum atomic E-state index is 0.00951. The van der Waals surface area contributed by atoms with Gasteiger partial charge in [0.1, 0.15) is 0 Å². The zero-order valence-electron chi connectivity index (χ0n) is 16.9. The molecule has 5 nitrogen and oxygen atoms in total. The maximum Gasteiger partial charge on any atom is 0.253 e. The number of nitrogens with zero attached hydrogens (tertiary/aromatic N) is 3. The van der Waals surface area contributed by atoms with E-state index in [9.17, 15) is 4.79 Å². The van der Waals surface area contributed by atoms with Gasteiger partial charge in [-0.25, -0.2) is 0 Å². The van der Waals surface area contributed by atoms with E-state index in [1.807, 2.05) is 12.3 Å². The molecule has 1 aromatic heterocycles. The first-order chi connectivity index (χ1) is 13.6. The lowest BCUT2D eigenvalue weighted by atomic mass is 10.1. The van der Waals surface area contributed by atoms with Crippen molar-refractivity contribution in [3.05, 3.63) is 53.3 Å². The van der Waals surface area contributed by atoms with E-state index in [4.69, 9.17) is 0 Å². The molecule has 0 bridgehead atoms. The Hall–Kier alpha value is -2.56. The van der Waals surface area contributed by atoms with Crippen molar-refractivity contribution in [2.24, 2.45) is 0 Å². The van der Waals surface area contributed by atoms with Gasteiger partial charge in [-0.05, 0) is 49.9 Å². The van der Waals surface area contributed by atoms with Gasteiger partial charge >= 0.3 is 0 Å². The molecule has 1 saturated carbocycles. The van der Waals surface area contributed by atoms with Gasteiger partial charge in [0.05, 0.1) is 17.4 Å². The number of nitrogens with one attached hydrogen (secondary N) is 1. The topological polar surface area (TPSA) is 48.5 Å². The lowest BCUT2D eigenvalue weighted by Gasteiger charge is -2.38. The summed E-state index contributed by atoms with van der Waals surface area (Å²) in [6, 6.07) is 8.85. The third-order valence-corrected chi connectivity index (χ3v) is 6.24. The maximum atomic E-state index is 12.6. The summed E-state index contributed by atoms with van der Waals surface area (Å²) in [6.45, 7) is 8.19. The summed E-state index contributed by atoms with van der Waals surface area (Å²) in [4.78, 5) is 21.7. The smallest absolute Gasteiger partial charge is 0.253 e. The SMILES string of the molecule is Cc1cccc(N2CCN(c3cncc(C(=O)NC4CCCC4)c3)CC2)c1C. The monoisotopic (exact) mass is 378 g/mol. The van der Waals surface area contributed by atoms with E-state index in [0.717, 1.165) is 44.7 Å². The number of hydrogen-bond acceptors (Lipinski definition) is 4. The number of pyridine rings is 1. The highest BCUT2D eigenvalue weighted by atomic mass is 16.1. The molecule has 5 heteroatoms. The summed E-state index contributed by atoms with van der Waals surface area (Å²) in [5.74, 6) is 0.00951. The number of amides is 1. The standard InChI is InChI=1S/C23H30N4O/c1-17-6-5-9-22(18(17)2)27-12-10-26(11-13-27)21-14-19(15-24-16-21)23(28)25-20-7-3-4-8-20/h5-6,9,14-16,20H,3-4,7-8,10-13H2,1-2H3,(H,25,28). The molecule has 1 aliphatic heterocycles. The van der Waals surface area contributed by atoms with E-state index in [2.05, 4.69) is 52.1 Å². The van der Waals surface area contributed by atoms with Gasteiger partial charge in [-0.1, -0.05) is 25.0 Å². The summed E-state index contributed by atoms with van der Waals surface area (Å²) < 4.78 is 0. The Kier molecular flexibility index (Phi) is 5.51. The Morgan fingerprint density at radius 3 is 2.50 bits per heavy atom. The Morgan fingerprint density at radius 2 is 1.75 bits per heavy atom. The minimum Gasteiger partial charge on any atom is -0.368 e. The number of carbonyl (C=O) groups is 1. The van der Waals surface area contributed by atoms with Crippen molar-refractivity contribution >= 4 is 17.3 Å². The van der Waals surface area contributed by atoms with Crippen LogP contribution in [0.15, 0.2) is 36.7 Å². The quantitative estimate of drug-likeness (QED) is 0.881. The highest BCUT2D eigenvalue weighted by Gasteiger charge is 2.21. The van der Waals surface area contributed by atoms with E-state index < -0.39 is 0 Å². The number of aryl methyl sites for hydroxylation is 1. The lowest BCUT2D eigenvalue weighted by Crippen LogP contribution is -2.47. The average Bonchev–Trinajstić information content (AvgIpc) is 3.23. The van der Waals surface area contributed by atoms with Crippen molar-refractivity contribution in [3.63, 3.8) is 0 Å². The molecular weight excluding hydrogens is 348 g/mol. The maximum absolute atomic E-state index is 12.6. The van der Waals surface area contributed by atoms with Crippen LogP contribution >= 0.6 is 0 Å². The second-order valence-electron chi connectivity index (χ2n) is 8.08. The van der Waals surface area contributed by atoms with E-state index in [-0.39, 0.29) is 5.91 Å². The van der Waals surface area contributed by atoms with Gasteiger partial charge in [0.15, 0.2) is 0 Å². The van der Waals surface area contributed by atoms with Gasteiger partial charge < -0.3 is 15.1 Å². The van der Waals surface area contributed by atoms with Crippen LogP contribution in [0.25, 0.3) is 0 Å². The van der Waals surface area contributed by atoms with E-state index >= 15 is 0 Å². The first kappa shape index (κ1) is 18.8. The highest BCUT2D eigenvalue weighted by Crippen LogP contribution is 2.25. The van der Waals surface area contributed by atoms with Crippen molar-refractivity contribution in [1.82, 2.24) is 10.3 Å². The number of piperazine rings is 1. The number of hydrogen-bond donors (Lipinski definition) is 1. The van der Waals surface area contributed by atoms with Gasteiger partial charge in [-0.3, -0.25) is 9.78 Å². The predicted molar refractivity (Wildman–Crippen MR) is 114 cm³/mol. The average molecular weight is 379 g/mol. The molecule has 1 aromatic carbocycles. The molecule has 1 amide bonds. The molecule has 148 valence electrons. The second-order valence-corrected chi connectivity index (χ2v) is 8.08. The van der Waals surface area contributed by atoms with Crippen molar-refractivity contribution < 1.29 is 4.79 Å². The van der Waals surface area contributed by atoms with Gasteiger partial charge in [0.25, 0.3) is 5.91 Å². The fraction of sp³-hybridized carbons (Fsp3) is 0.478. The first-order valence-corrected chi connectivity index (χ1v) is 10.4. The molecule has 0 unspecified atom stereocenters. The van der Waals surface area contributed by atoms with Gasteiger partial charge in [0.2, 0.25) is 0 Å². The normalized spacial score (nSPS) is 17.8. The number of rotatable bonds is 4. The molecule has 1 aliphatic carbocycles. The zero-order valence-corrected chi connectivity index (χ0v) is 16.9. The third-order valence-electron chi connectivity index (χ3n) is 6.24.